The molecule has 5 nitrogen and oxygen atoms in total. The van der Waals surface area contributed by atoms with E-state index in [1.165, 1.54) is 0 Å². The highest BCUT2D eigenvalue weighted by molar-refractivity contribution is 5.85. The van der Waals surface area contributed by atoms with Gasteiger partial charge in [0.05, 0.1) is 11.8 Å². The summed E-state index contributed by atoms with van der Waals surface area (Å²) in [7, 11) is 1.72. The molecule has 2 atom stereocenters. The number of hydrogen-bond donors (Lipinski definition) is 2. The second kappa shape index (κ2) is 7.94. The number of hydrogen-bond acceptors (Lipinski definition) is 3. The van der Waals surface area contributed by atoms with E-state index in [0.717, 1.165) is 19.3 Å². The molecule has 5 heteroatoms. The number of aliphatic hydroxyl groups is 1. The molecule has 108 valence electrons. The standard InChI is InChI=1S/C14H23NO4/c1-15(9-5-2-6-10-16)13(17)11-7-3-4-8-12(11)14(18)19/h3-4,11-12,16H,2,5-10H2,1H3,(H,18,19)/t11-,12+/m1/s1. The van der Waals surface area contributed by atoms with E-state index in [4.69, 9.17) is 10.2 Å². The van der Waals surface area contributed by atoms with E-state index in [0.29, 0.717) is 19.4 Å². The molecular formula is C14H23NO4. The maximum Gasteiger partial charge on any atom is 0.307 e. The highest BCUT2D eigenvalue weighted by atomic mass is 16.4. The van der Waals surface area contributed by atoms with E-state index in [1.807, 2.05) is 12.2 Å². The Morgan fingerprint density at radius 3 is 2.37 bits per heavy atom. The molecule has 2 N–H and O–H groups in total. The van der Waals surface area contributed by atoms with Crippen molar-refractivity contribution in [1.82, 2.24) is 4.90 Å². The fraction of sp³-hybridized carbons (Fsp3) is 0.714. The van der Waals surface area contributed by atoms with Crippen molar-refractivity contribution in [2.24, 2.45) is 11.8 Å². The lowest BCUT2D eigenvalue weighted by molar-refractivity contribution is -0.150. The summed E-state index contributed by atoms with van der Waals surface area (Å²) >= 11 is 0. The molecule has 1 amide bonds. The molecule has 0 heterocycles. The lowest BCUT2D eigenvalue weighted by atomic mass is 9.82. The van der Waals surface area contributed by atoms with Crippen LogP contribution in [0.15, 0.2) is 12.2 Å². The SMILES string of the molecule is CN(CCCCCO)C(=O)[C@@H]1CC=CC[C@@H]1C(=O)O. The molecule has 0 saturated carbocycles. The molecular weight excluding hydrogens is 246 g/mol. The Morgan fingerprint density at radius 1 is 1.16 bits per heavy atom. The fourth-order valence-electron chi connectivity index (χ4n) is 2.39. The minimum absolute atomic E-state index is 0.0826. The van der Waals surface area contributed by atoms with Crippen molar-refractivity contribution < 1.29 is 19.8 Å². The third kappa shape index (κ3) is 4.67. The zero-order valence-corrected chi connectivity index (χ0v) is 11.4. The molecule has 0 unspecified atom stereocenters. The van der Waals surface area contributed by atoms with Crippen molar-refractivity contribution in [3.8, 4) is 0 Å². The molecule has 0 fully saturated rings. The van der Waals surface area contributed by atoms with Gasteiger partial charge in [0.25, 0.3) is 0 Å². The average Bonchev–Trinajstić information content (AvgIpc) is 2.42. The van der Waals surface area contributed by atoms with E-state index in [1.54, 1.807) is 11.9 Å². The van der Waals surface area contributed by atoms with Crippen LogP contribution in [0.1, 0.15) is 32.1 Å². The van der Waals surface area contributed by atoms with Crippen LogP contribution in [-0.4, -0.2) is 47.2 Å². The average molecular weight is 269 g/mol. The summed E-state index contributed by atoms with van der Waals surface area (Å²) in [5, 5.41) is 17.8. The van der Waals surface area contributed by atoms with Gasteiger partial charge < -0.3 is 15.1 Å². The Balaban J connectivity index is 2.50. The van der Waals surface area contributed by atoms with Crippen LogP contribution >= 0.6 is 0 Å². The van der Waals surface area contributed by atoms with Gasteiger partial charge in [0.15, 0.2) is 0 Å². The van der Waals surface area contributed by atoms with Crippen molar-refractivity contribution in [3.05, 3.63) is 12.2 Å². The van der Waals surface area contributed by atoms with Crippen LogP contribution in [0, 0.1) is 11.8 Å². The largest absolute Gasteiger partial charge is 0.481 e. The first-order valence-corrected chi connectivity index (χ1v) is 6.81. The summed E-state index contributed by atoms with van der Waals surface area (Å²) in [6, 6.07) is 0. The van der Waals surface area contributed by atoms with Crippen molar-refractivity contribution in [2.45, 2.75) is 32.1 Å². The number of carboxylic acids is 1. The van der Waals surface area contributed by atoms with E-state index in [2.05, 4.69) is 0 Å². The number of carbonyl (C=O) groups excluding carboxylic acids is 1. The summed E-state index contributed by atoms with van der Waals surface area (Å²) in [5.41, 5.74) is 0. The molecule has 1 aliphatic rings. The number of aliphatic carboxylic acids is 1. The quantitative estimate of drug-likeness (QED) is 0.539. The Labute approximate surface area is 113 Å². The number of rotatable bonds is 7. The molecule has 19 heavy (non-hydrogen) atoms. The van der Waals surface area contributed by atoms with E-state index < -0.39 is 17.8 Å². The Bertz CT molecular complexity index is 340. The summed E-state index contributed by atoms with van der Waals surface area (Å²) in [6.07, 6.45) is 7.13. The van der Waals surface area contributed by atoms with E-state index in [-0.39, 0.29) is 12.5 Å². The Morgan fingerprint density at radius 2 is 1.79 bits per heavy atom. The van der Waals surface area contributed by atoms with Gasteiger partial charge in [0.1, 0.15) is 0 Å². The van der Waals surface area contributed by atoms with Gasteiger partial charge >= 0.3 is 5.97 Å². The number of aliphatic hydroxyl groups excluding tert-OH is 1. The van der Waals surface area contributed by atoms with Crippen molar-refractivity contribution in [1.29, 1.82) is 0 Å². The first kappa shape index (κ1) is 15.7. The van der Waals surface area contributed by atoms with Gasteiger partial charge in [0, 0.05) is 20.2 Å². The van der Waals surface area contributed by atoms with Crippen molar-refractivity contribution in [3.63, 3.8) is 0 Å². The van der Waals surface area contributed by atoms with Crippen molar-refractivity contribution >= 4 is 11.9 Å². The van der Waals surface area contributed by atoms with E-state index >= 15 is 0 Å². The molecule has 0 spiro atoms. The fourth-order valence-corrected chi connectivity index (χ4v) is 2.39. The minimum atomic E-state index is -0.892. The smallest absolute Gasteiger partial charge is 0.307 e. The van der Waals surface area contributed by atoms with Crippen LogP contribution < -0.4 is 0 Å². The number of carbonyl (C=O) groups is 2. The molecule has 0 aromatic carbocycles. The predicted octanol–water partition coefficient (Wildman–Crippen LogP) is 1.27. The van der Waals surface area contributed by atoms with Crippen LogP contribution in [0.3, 0.4) is 0 Å². The third-order valence-corrected chi connectivity index (χ3v) is 3.59. The van der Waals surface area contributed by atoms with Crippen LogP contribution in [0.4, 0.5) is 0 Å². The molecule has 0 saturated heterocycles. The summed E-state index contributed by atoms with van der Waals surface area (Å²) < 4.78 is 0. The zero-order valence-electron chi connectivity index (χ0n) is 11.4. The predicted molar refractivity (Wildman–Crippen MR) is 71.6 cm³/mol. The number of amides is 1. The first-order chi connectivity index (χ1) is 9.07. The maximum atomic E-state index is 12.3. The van der Waals surface area contributed by atoms with Gasteiger partial charge in [0.2, 0.25) is 5.91 Å². The van der Waals surface area contributed by atoms with Gasteiger partial charge in [-0.2, -0.15) is 0 Å². The third-order valence-electron chi connectivity index (χ3n) is 3.59. The maximum absolute atomic E-state index is 12.3. The Hall–Kier alpha value is -1.36. The second-order valence-electron chi connectivity index (χ2n) is 5.04. The van der Waals surface area contributed by atoms with E-state index in [9.17, 15) is 9.59 Å². The minimum Gasteiger partial charge on any atom is -0.481 e. The molecule has 0 aliphatic heterocycles. The monoisotopic (exact) mass is 269 g/mol. The Kier molecular flexibility index (Phi) is 6.56. The molecule has 0 radical (unpaired) electrons. The molecule has 1 aliphatic carbocycles. The van der Waals surface area contributed by atoms with Crippen molar-refractivity contribution in [2.75, 3.05) is 20.2 Å². The summed E-state index contributed by atoms with van der Waals surface area (Å²) in [4.78, 5) is 25.0. The number of carboxylic acid groups (broad SMARTS) is 1. The molecule has 0 aromatic heterocycles. The topological polar surface area (TPSA) is 77.8 Å². The molecule has 0 bridgehead atoms. The van der Waals surface area contributed by atoms with Crippen LogP contribution in [-0.2, 0) is 9.59 Å². The van der Waals surface area contributed by atoms with Gasteiger partial charge in [-0.15, -0.1) is 0 Å². The lowest BCUT2D eigenvalue weighted by Gasteiger charge is -2.28. The molecule has 0 aromatic rings. The summed E-state index contributed by atoms with van der Waals surface area (Å²) in [6.45, 7) is 0.789. The normalized spacial score (nSPS) is 22.2. The van der Waals surface area contributed by atoms with Crippen LogP contribution in [0.2, 0.25) is 0 Å². The highest BCUT2D eigenvalue weighted by Gasteiger charge is 2.35. The van der Waals surface area contributed by atoms with Gasteiger partial charge in [-0.1, -0.05) is 12.2 Å². The first-order valence-electron chi connectivity index (χ1n) is 6.81. The summed E-state index contributed by atoms with van der Waals surface area (Å²) in [5.74, 6) is -2.01. The van der Waals surface area contributed by atoms with Gasteiger partial charge in [-0.05, 0) is 32.1 Å². The van der Waals surface area contributed by atoms with Crippen LogP contribution in [0.25, 0.3) is 0 Å². The lowest BCUT2D eigenvalue weighted by Crippen LogP contribution is -2.40. The number of nitrogens with zero attached hydrogens (tertiary/aromatic N) is 1. The molecule has 1 rings (SSSR count). The van der Waals surface area contributed by atoms with Gasteiger partial charge in [-0.3, -0.25) is 9.59 Å². The van der Waals surface area contributed by atoms with Crippen LogP contribution in [0.5, 0.6) is 0 Å². The second-order valence-corrected chi connectivity index (χ2v) is 5.04. The number of allylic oxidation sites excluding steroid dienone is 2. The van der Waals surface area contributed by atoms with Gasteiger partial charge in [-0.25, -0.2) is 0 Å². The zero-order chi connectivity index (χ0) is 14.3. The number of unbranched alkanes of at least 4 members (excludes halogenated alkanes) is 2. The highest BCUT2D eigenvalue weighted by Crippen LogP contribution is 2.27.